The molecule has 6 nitrogen and oxygen atoms in total. The van der Waals surface area contributed by atoms with E-state index in [9.17, 15) is 0 Å². The van der Waals surface area contributed by atoms with Crippen LogP contribution in [0.15, 0.2) is 18.3 Å². The lowest BCUT2D eigenvalue weighted by atomic mass is 10.1. The highest BCUT2D eigenvalue weighted by molar-refractivity contribution is 6.33. The molecule has 0 amide bonds. The molecule has 1 aliphatic carbocycles. The summed E-state index contributed by atoms with van der Waals surface area (Å²) in [4.78, 5) is 6.69. The Labute approximate surface area is 158 Å². The van der Waals surface area contributed by atoms with Crippen LogP contribution >= 0.6 is 11.6 Å². The summed E-state index contributed by atoms with van der Waals surface area (Å²) in [5, 5.41) is 5.33. The summed E-state index contributed by atoms with van der Waals surface area (Å²) in [5.41, 5.74) is 8.92. The van der Waals surface area contributed by atoms with Crippen molar-refractivity contribution in [2.45, 2.75) is 38.5 Å². The number of fused-ring (bicyclic) bond motifs is 1. The van der Waals surface area contributed by atoms with Crippen molar-refractivity contribution >= 4 is 17.4 Å². The fourth-order valence-electron chi connectivity index (χ4n) is 4.55. The topological polar surface area (TPSA) is 69.2 Å². The van der Waals surface area contributed by atoms with Crippen LogP contribution in [0.25, 0.3) is 11.3 Å². The van der Waals surface area contributed by atoms with E-state index in [1.54, 1.807) is 6.20 Å². The third kappa shape index (κ3) is 2.54. The van der Waals surface area contributed by atoms with E-state index in [1.165, 1.54) is 12.1 Å². The molecule has 26 heavy (non-hydrogen) atoms. The van der Waals surface area contributed by atoms with Crippen LogP contribution in [-0.2, 0) is 4.74 Å². The normalized spacial score (nSPS) is 30.5. The minimum absolute atomic E-state index is 0.323. The van der Waals surface area contributed by atoms with Crippen LogP contribution in [0.4, 0.5) is 5.82 Å². The molecule has 0 spiro atoms. The van der Waals surface area contributed by atoms with Crippen molar-refractivity contribution in [3.8, 4) is 11.3 Å². The van der Waals surface area contributed by atoms with E-state index in [0.29, 0.717) is 29.0 Å². The first-order valence-electron chi connectivity index (χ1n) is 9.39. The van der Waals surface area contributed by atoms with E-state index >= 15 is 0 Å². The monoisotopic (exact) mass is 373 g/mol. The molecule has 0 aromatic carbocycles. The molecule has 2 aromatic rings. The second kappa shape index (κ2) is 5.94. The summed E-state index contributed by atoms with van der Waals surface area (Å²) >= 11 is 6.15. The van der Waals surface area contributed by atoms with Crippen molar-refractivity contribution in [1.29, 1.82) is 0 Å². The van der Waals surface area contributed by atoms with Gasteiger partial charge in [0.15, 0.2) is 0 Å². The molecule has 2 saturated heterocycles. The summed E-state index contributed by atoms with van der Waals surface area (Å²) < 4.78 is 7.82. The molecule has 2 aromatic heterocycles. The third-order valence-electron chi connectivity index (χ3n) is 6.07. The van der Waals surface area contributed by atoms with Crippen molar-refractivity contribution in [2.75, 3.05) is 25.4 Å². The van der Waals surface area contributed by atoms with E-state index in [2.05, 4.69) is 34.5 Å². The number of piperidine rings is 1. The predicted molar refractivity (Wildman–Crippen MR) is 101 cm³/mol. The van der Waals surface area contributed by atoms with E-state index < -0.39 is 0 Å². The van der Waals surface area contributed by atoms with Crippen LogP contribution in [0.5, 0.6) is 0 Å². The maximum Gasteiger partial charge on any atom is 0.142 e. The molecular weight excluding hydrogens is 350 g/mol. The largest absolute Gasteiger partial charge is 0.382 e. The molecule has 1 saturated carbocycles. The maximum absolute atomic E-state index is 6.15. The molecule has 0 bridgehead atoms. The minimum atomic E-state index is 0.323. The molecule has 2 unspecified atom stereocenters. The van der Waals surface area contributed by atoms with Gasteiger partial charge in [0, 0.05) is 48.9 Å². The number of ether oxygens (including phenoxy) is 1. The first-order chi connectivity index (χ1) is 12.5. The Hall–Kier alpha value is -1.63. The highest BCUT2D eigenvalue weighted by atomic mass is 35.5. The molecule has 138 valence electrons. The summed E-state index contributed by atoms with van der Waals surface area (Å²) in [7, 11) is 0. The van der Waals surface area contributed by atoms with Crippen molar-refractivity contribution in [1.82, 2.24) is 19.7 Å². The van der Waals surface area contributed by atoms with Crippen LogP contribution < -0.4 is 5.73 Å². The average molecular weight is 374 g/mol. The lowest BCUT2D eigenvalue weighted by molar-refractivity contribution is -0.140. The van der Waals surface area contributed by atoms with Gasteiger partial charge in [-0.05, 0) is 37.8 Å². The standard InChI is InChI=1S/C19H24ClN5O/c1-10(2)25-16(6-15(23-25)11-5-14(20)19(21)22-7-11)18-12-8-24(9-13(12)18)17-3-4-26-17/h5-7,10,12-13,17-18H,3-4,8-9H2,1-2H3,(H2,21,22)/t12-,13+,17?,18?. The smallest absolute Gasteiger partial charge is 0.142 e. The summed E-state index contributed by atoms with van der Waals surface area (Å²) in [6, 6.07) is 4.39. The number of nitrogens with two attached hydrogens (primary N) is 1. The van der Waals surface area contributed by atoms with E-state index in [-0.39, 0.29) is 0 Å². The van der Waals surface area contributed by atoms with Crippen molar-refractivity contribution in [3.63, 3.8) is 0 Å². The predicted octanol–water partition coefficient (Wildman–Crippen LogP) is 3.15. The lowest BCUT2D eigenvalue weighted by Gasteiger charge is -2.36. The molecule has 4 heterocycles. The molecule has 7 heteroatoms. The number of aromatic nitrogens is 3. The molecule has 2 aliphatic heterocycles. The third-order valence-corrected chi connectivity index (χ3v) is 6.37. The molecular formula is C19H24ClN5O. The second-order valence-electron chi connectivity index (χ2n) is 8.01. The SMILES string of the molecule is CC(C)n1nc(-c2cnc(N)c(Cl)c2)cc1C1[C@H]2CN(C3CCO3)C[C@@H]12. The zero-order valence-corrected chi connectivity index (χ0v) is 15.9. The Morgan fingerprint density at radius 1 is 1.27 bits per heavy atom. The quantitative estimate of drug-likeness (QED) is 0.891. The van der Waals surface area contributed by atoms with Gasteiger partial charge in [0.1, 0.15) is 12.0 Å². The number of anilines is 1. The van der Waals surface area contributed by atoms with Gasteiger partial charge in [0.25, 0.3) is 0 Å². The van der Waals surface area contributed by atoms with Gasteiger partial charge in [-0.25, -0.2) is 4.98 Å². The van der Waals surface area contributed by atoms with Crippen LogP contribution in [0.2, 0.25) is 5.02 Å². The number of rotatable bonds is 4. The van der Waals surface area contributed by atoms with Crippen LogP contribution in [0.3, 0.4) is 0 Å². The Morgan fingerprint density at radius 3 is 2.58 bits per heavy atom. The fourth-order valence-corrected chi connectivity index (χ4v) is 4.71. The van der Waals surface area contributed by atoms with E-state index in [1.807, 2.05) is 6.07 Å². The van der Waals surface area contributed by atoms with Crippen molar-refractivity contribution in [2.24, 2.45) is 11.8 Å². The first-order valence-corrected chi connectivity index (χ1v) is 9.77. The number of hydrogen-bond donors (Lipinski definition) is 1. The van der Waals surface area contributed by atoms with Gasteiger partial charge in [-0.2, -0.15) is 5.10 Å². The Morgan fingerprint density at radius 2 is 2.00 bits per heavy atom. The molecule has 5 rings (SSSR count). The zero-order valence-electron chi connectivity index (χ0n) is 15.1. The Kier molecular flexibility index (Phi) is 3.78. The van der Waals surface area contributed by atoms with Gasteiger partial charge in [0.2, 0.25) is 0 Å². The Balaban J connectivity index is 1.41. The van der Waals surface area contributed by atoms with Crippen molar-refractivity contribution in [3.05, 3.63) is 29.0 Å². The summed E-state index contributed by atoms with van der Waals surface area (Å²) in [5.74, 6) is 2.42. The van der Waals surface area contributed by atoms with Gasteiger partial charge in [0.05, 0.1) is 17.3 Å². The molecule has 4 atom stereocenters. The van der Waals surface area contributed by atoms with Gasteiger partial charge < -0.3 is 10.5 Å². The summed E-state index contributed by atoms with van der Waals surface area (Å²) in [6.45, 7) is 7.58. The van der Waals surface area contributed by atoms with Crippen LogP contribution in [0, 0.1) is 11.8 Å². The van der Waals surface area contributed by atoms with Crippen LogP contribution in [0.1, 0.15) is 37.9 Å². The van der Waals surface area contributed by atoms with E-state index in [0.717, 1.165) is 42.8 Å². The van der Waals surface area contributed by atoms with Gasteiger partial charge in [-0.15, -0.1) is 0 Å². The molecule has 3 aliphatic rings. The molecule has 2 N–H and O–H groups in total. The number of likely N-dealkylation sites (tertiary alicyclic amines) is 1. The molecule has 3 fully saturated rings. The molecule has 0 radical (unpaired) electrons. The Bertz CT molecular complexity index is 834. The lowest BCUT2D eigenvalue weighted by Crippen LogP contribution is -2.44. The number of nitrogen functional groups attached to an aromatic ring is 1. The number of hydrogen-bond acceptors (Lipinski definition) is 5. The minimum Gasteiger partial charge on any atom is -0.382 e. The van der Waals surface area contributed by atoms with Crippen molar-refractivity contribution < 1.29 is 4.74 Å². The number of pyridine rings is 1. The van der Waals surface area contributed by atoms with Gasteiger partial charge in [-0.1, -0.05) is 11.6 Å². The number of halogens is 1. The maximum atomic E-state index is 6.15. The number of nitrogens with zero attached hydrogens (tertiary/aromatic N) is 4. The average Bonchev–Trinajstić information content (AvgIpc) is 2.94. The first kappa shape index (κ1) is 16.5. The van der Waals surface area contributed by atoms with E-state index in [4.69, 9.17) is 27.2 Å². The highest BCUT2D eigenvalue weighted by Crippen LogP contribution is 2.59. The zero-order chi connectivity index (χ0) is 18.0. The van der Waals surface area contributed by atoms with Crippen LogP contribution in [-0.4, -0.2) is 45.6 Å². The summed E-state index contributed by atoms with van der Waals surface area (Å²) in [6.07, 6.45) is 3.31. The second-order valence-corrected chi connectivity index (χ2v) is 8.41. The highest BCUT2D eigenvalue weighted by Gasteiger charge is 2.59. The van der Waals surface area contributed by atoms with Gasteiger partial charge >= 0.3 is 0 Å². The van der Waals surface area contributed by atoms with Gasteiger partial charge in [-0.3, -0.25) is 9.58 Å². The fraction of sp³-hybridized carbons (Fsp3) is 0.579.